The Morgan fingerprint density at radius 1 is 1.53 bits per heavy atom. The Bertz CT molecular complexity index is 671. The van der Waals surface area contributed by atoms with Crippen molar-refractivity contribution in [3.8, 4) is 12.3 Å². The summed E-state index contributed by atoms with van der Waals surface area (Å²) < 4.78 is 27.3. The summed E-state index contributed by atoms with van der Waals surface area (Å²) in [6, 6.07) is 2.96. The second kappa shape index (κ2) is 5.49. The van der Waals surface area contributed by atoms with Crippen LogP contribution in [0.3, 0.4) is 0 Å². The molecule has 0 spiro atoms. The highest BCUT2D eigenvalue weighted by molar-refractivity contribution is 7.90. The number of rotatable bonds is 4. The van der Waals surface area contributed by atoms with Crippen LogP contribution < -0.4 is 0 Å². The Labute approximate surface area is 109 Å². The zero-order valence-corrected chi connectivity index (χ0v) is 10.6. The Morgan fingerprint density at radius 3 is 2.63 bits per heavy atom. The van der Waals surface area contributed by atoms with Crippen LogP contribution in [0, 0.1) is 22.5 Å². The van der Waals surface area contributed by atoms with Gasteiger partial charge in [-0.2, -0.15) is 0 Å². The fourth-order valence-corrected chi connectivity index (χ4v) is 2.12. The summed E-state index contributed by atoms with van der Waals surface area (Å²) in [7, 11) is -3.76. The first-order chi connectivity index (χ1) is 8.77. The number of esters is 1. The number of terminal acetylenes is 1. The molecule has 0 radical (unpaired) electrons. The van der Waals surface area contributed by atoms with Crippen LogP contribution in [-0.4, -0.2) is 32.2 Å². The zero-order chi connectivity index (χ0) is 14.6. The van der Waals surface area contributed by atoms with Gasteiger partial charge < -0.3 is 4.74 Å². The van der Waals surface area contributed by atoms with Crippen LogP contribution in [0.4, 0.5) is 5.69 Å². The largest absolute Gasteiger partial charge is 0.449 e. The highest BCUT2D eigenvalue weighted by Gasteiger charge is 2.24. The van der Waals surface area contributed by atoms with Gasteiger partial charge in [0.05, 0.1) is 10.5 Å². The molecule has 19 heavy (non-hydrogen) atoms. The zero-order valence-electron chi connectivity index (χ0n) is 9.82. The van der Waals surface area contributed by atoms with Gasteiger partial charge in [0.25, 0.3) is 5.69 Å². The lowest BCUT2D eigenvalue weighted by Crippen LogP contribution is -2.08. The van der Waals surface area contributed by atoms with Crippen molar-refractivity contribution in [1.29, 1.82) is 0 Å². The van der Waals surface area contributed by atoms with Gasteiger partial charge in [0.1, 0.15) is 4.90 Å². The molecule has 0 aliphatic heterocycles. The molecule has 0 fully saturated rings. The van der Waals surface area contributed by atoms with Gasteiger partial charge in [-0.1, -0.05) is 5.92 Å². The summed E-state index contributed by atoms with van der Waals surface area (Å²) in [4.78, 5) is 20.9. The van der Waals surface area contributed by atoms with Crippen molar-refractivity contribution < 1.29 is 22.9 Å². The minimum atomic E-state index is -3.76. The maximum Gasteiger partial charge on any atom is 0.339 e. The second-order valence-electron chi connectivity index (χ2n) is 3.49. The standard InChI is InChI=1S/C11H9NO6S/c1-3-6-18-11(13)8-4-5-10(19(2,16)17)9(7-8)12(14)15/h1,4-5,7H,6H2,2H3. The number of carbonyl (C=O) groups is 1. The van der Waals surface area contributed by atoms with Crippen LogP contribution in [0.2, 0.25) is 0 Å². The molecule has 0 aromatic heterocycles. The van der Waals surface area contributed by atoms with Crippen LogP contribution in [-0.2, 0) is 14.6 Å². The molecular weight excluding hydrogens is 274 g/mol. The number of carbonyl (C=O) groups excluding carboxylic acids is 1. The van der Waals surface area contributed by atoms with Crippen molar-refractivity contribution in [1.82, 2.24) is 0 Å². The Hall–Kier alpha value is -2.40. The molecule has 100 valence electrons. The number of ether oxygens (including phenoxy) is 1. The van der Waals surface area contributed by atoms with Gasteiger partial charge in [-0.15, -0.1) is 6.42 Å². The van der Waals surface area contributed by atoms with Crippen LogP contribution in [0.1, 0.15) is 10.4 Å². The van der Waals surface area contributed by atoms with E-state index in [9.17, 15) is 23.3 Å². The number of hydrogen-bond donors (Lipinski definition) is 0. The summed E-state index contributed by atoms with van der Waals surface area (Å²) >= 11 is 0. The average molecular weight is 283 g/mol. The number of nitro benzene ring substituents is 1. The van der Waals surface area contributed by atoms with Gasteiger partial charge in [0, 0.05) is 12.3 Å². The summed E-state index contributed by atoms with van der Waals surface area (Å²) in [6.45, 7) is -0.277. The fraction of sp³-hybridized carbons (Fsp3) is 0.182. The highest BCUT2D eigenvalue weighted by atomic mass is 32.2. The van der Waals surface area contributed by atoms with Crippen LogP contribution >= 0.6 is 0 Å². The van der Waals surface area contributed by atoms with Gasteiger partial charge in [0.2, 0.25) is 0 Å². The van der Waals surface area contributed by atoms with E-state index in [1.165, 1.54) is 0 Å². The van der Waals surface area contributed by atoms with Crippen molar-refractivity contribution in [2.24, 2.45) is 0 Å². The third-order valence-corrected chi connectivity index (χ3v) is 3.22. The van der Waals surface area contributed by atoms with E-state index in [1.807, 2.05) is 0 Å². The first-order valence-electron chi connectivity index (χ1n) is 4.86. The van der Waals surface area contributed by atoms with Gasteiger partial charge in [-0.25, -0.2) is 13.2 Å². The van der Waals surface area contributed by atoms with Gasteiger partial charge in [-0.3, -0.25) is 10.1 Å². The number of sulfone groups is 1. The molecule has 0 heterocycles. The molecule has 0 N–H and O–H groups in total. The van der Waals surface area contributed by atoms with Crippen molar-refractivity contribution in [3.05, 3.63) is 33.9 Å². The monoisotopic (exact) mass is 283 g/mol. The molecule has 0 unspecified atom stereocenters. The van der Waals surface area contributed by atoms with E-state index >= 15 is 0 Å². The molecule has 0 amide bonds. The fourth-order valence-electron chi connectivity index (χ4n) is 1.29. The third-order valence-electron chi connectivity index (χ3n) is 2.08. The van der Waals surface area contributed by atoms with Crippen molar-refractivity contribution >= 4 is 21.5 Å². The molecule has 0 aliphatic rings. The quantitative estimate of drug-likeness (QED) is 0.350. The lowest BCUT2D eigenvalue weighted by Gasteiger charge is -2.04. The molecule has 0 atom stereocenters. The summed E-state index contributed by atoms with van der Waals surface area (Å²) in [5, 5.41) is 10.8. The molecule has 7 nitrogen and oxygen atoms in total. The van der Waals surface area contributed by atoms with E-state index in [0.717, 1.165) is 24.5 Å². The number of hydrogen-bond acceptors (Lipinski definition) is 6. The highest BCUT2D eigenvalue weighted by Crippen LogP contribution is 2.25. The van der Waals surface area contributed by atoms with E-state index in [0.29, 0.717) is 0 Å². The molecule has 1 aromatic rings. The molecule has 0 saturated carbocycles. The number of nitro groups is 1. The van der Waals surface area contributed by atoms with Gasteiger partial charge in [0.15, 0.2) is 16.4 Å². The van der Waals surface area contributed by atoms with E-state index in [1.54, 1.807) is 0 Å². The van der Waals surface area contributed by atoms with E-state index in [4.69, 9.17) is 6.42 Å². The predicted molar refractivity (Wildman–Crippen MR) is 65.3 cm³/mol. The molecule has 0 bridgehead atoms. The lowest BCUT2D eigenvalue weighted by atomic mass is 10.2. The van der Waals surface area contributed by atoms with E-state index < -0.39 is 31.3 Å². The number of benzene rings is 1. The smallest absolute Gasteiger partial charge is 0.339 e. The normalized spacial score (nSPS) is 10.5. The second-order valence-corrected chi connectivity index (χ2v) is 5.48. The molecule has 1 aromatic carbocycles. The average Bonchev–Trinajstić information content (AvgIpc) is 2.34. The van der Waals surface area contributed by atoms with Crippen molar-refractivity contribution in [2.45, 2.75) is 4.90 Å². The van der Waals surface area contributed by atoms with E-state index in [-0.39, 0.29) is 12.2 Å². The first-order valence-corrected chi connectivity index (χ1v) is 6.75. The number of nitrogens with zero attached hydrogens (tertiary/aromatic N) is 1. The summed E-state index contributed by atoms with van der Waals surface area (Å²) in [5.41, 5.74) is -0.827. The summed E-state index contributed by atoms with van der Waals surface area (Å²) in [5.74, 6) is 1.21. The van der Waals surface area contributed by atoms with Crippen LogP contribution in [0.25, 0.3) is 0 Å². The van der Waals surface area contributed by atoms with Crippen molar-refractivity contribution in [2.75, 3.05) is 12.9 Å². The molecule has 1 rings (SSSR count). The van der Waals surface area contributed by atoms with Gasteiger partial charge in [-0.05, 0) is 12.1 Å². The molecular formula is C11H9NO6S. The third kappa shape index (κ3) is 3.53. The van der Waals surface area contributed by atoms with E-state index in [2.05, 4.69) is 10.7 Å². The first kappa shape index (κ1) is 14.7. The lowest BCUT2D eigenvalue weighted by molar-refractivity contribution is -0.387. The molecule has 8 heteroatoms. The maximum atomic E-state index is 11.4. The Balaban J connectivity index is 3.29. The Kier molecular flexibility index (Phi) is 4.24. The molecule has 0 saturated heterocycles. The predicted octanol–water partition coefficient (Wildman–Crippen LogP) is 0.788. The molecule has 0 aliphatic carbocycles. The minimum Gasteiger partial charge on any atom is -0.449 e. The van der Waals surface area contributed by atoms with Gasteiger partial charge >= 0.3 is 5.97 Å². The SMILES string of the molecule is C#CCOC(=O)c1ccc(S(C)(=O)=O)c([N+](=O)[O-])c1. The van der Waals surface area contributed by atoms with Crippen molar-refractivity contribution in [3.63, 3.8) is 0 Å². The Morgan fingerprint density at radius 2 is 2.16 bits per heavy atom. The van der Waals surface area contributed by atoms with Crippen LogP contribution in [0.5, 0.6) is 0 Å². The maximum absolute atomic E-state index is 11.4. The minimum absolute atomic E-state index is 0.144. The topological polar surface area (TPSA) is 104 Å². The van der Waals surface area contributed by atoms with Crippen LogP contribution in [0.15, 0.2) is 23.1 Å². The summed E-state index contributed by atoms with van der Waals surface area (Å²) in [6.07, 6.45) is 5.74.